The average molecular weight is 271 g/mol. The Bertz CT molecular complexity index is 404. The molecule has 2 N–H and O–H groups in total. The van der Waals surface area contributed by atoms with Crippen LogP contribution in [0.5, 0.6) is 0 Å². The standard InChI is InChI=1S/C12H21N3O2S/c1-8(13-4)9-7-18-11(14-9)15-10(16)6-12(2,3)17-5/h7-8,13H,6H2,1-5H3,(H,14,15,16). The zero-order valence-corrected chi connectivity index (χ0v) is 12.4. The molecule has 1 rings (SSSR count). The number of hydrogen-bond acceptors (Lipinski definition) is 5. The highest BCUT2D eigenvalue weighted by atomic mass is 32.1. The number of thiazole rings is 1. The van der Waals surface area contributed by atoms with E-state index in [2.05, 4.69) is 15.6 Å². The predicted molar refractivity (Wildman–Crippen MR) is 73.9 cm³/mol. The van der Waals surface area contributed by atoms with Gasteiger partial charge in [0.05, 0.1) is 17.7 Å². The lowest BCUT2D eigenvalue weighted by molar-refractivity contribution is -0.121. The Hall–Kier alpha value is -0.980. The minimum atomic E-state index is -0.456. The molecule has 18 heavy (non-hydrogen) atoms. The molecule has 0 aliphatic rings. The van der Waals surface area contributed by atoms with Crippen LogP contribution in [0.1, 0.15) is 38.9 Å². The van der Waals surface area contributed by atoms with Gasteiger partial charge in [0.15, 0.2) is 5.13 Å². The van der Waals surface area contributed by atoms with Gasteiger partial charge in [-0.15, -0.1) is 11.3 Å². The summed E-state index contributed by atoms with van der Waals surface area (Å²) in [4.78, 5) is 16.2. The Balaban J connectivity index is 2.57. The molecule has 0 saturated heterocycles. The van der Waals surface area contributed by atoms with Gasteiger partial charge in [0.25, 0.3) is 0 Å². The van der Waals surface area contributed by atoms with E-state index in [-0.39, 0.29) is 11.9 Å². The van der Waals surface area contributed by atoms with Crippen molar-refractivity contribution in [1.82, 2.24) is 10.3 Å². The zero-order valence-electron chi connectivity index (χ0n) is 11.5. The number of methoxy groups -OCH3 is 1. The van der Waals surface area contributed by atoms with E-state index in [1.165, 1.54) is 11.3 Å². The second-order valence-electron chi connectivity index (χ2n) is 4.78. The molecule has 1 atom stereocenters. The van der Waals surface area contributed by atoms with Crippen molar-refractivity contribution in [1.29, 1.82) is 0 Å². The van der Waals surface area contributed by atoms with Crippen molar-refractivity contribution >= 4 is 22.4 Å². The fraction of sp³-hybridized carbons (Fsp3) is 0.667. The van der Waals surface area contributed by atoms with E-state index in [9.17, 15) is 4.79 Å². The van der Waals surface area contributed by atoms with Crippen LogP contribution in [0.15, 0.2) is 5.38 Å². The number of amides is 1. The van der Waals surface area contributed by atoms with E-state index in [0.717, 1.165) is 5.69 Å². The van der Waals surface area contributed by atoms with Gasteiger partial charge in [-0.3, -0.25) is 4.79 Å². The lowest BCUT2D eigenvalue weighted by atomic mass is 10.1. The van der Waals surface area contributed by atoms with Crippen molar-refractivity contribution in [2.75, 3.05) is 19.5 Å². The molecule has 1 aromatic rings. The number of carbonyl (C=O) groups is 1. The van der Waals surface area contributed by atoms with Crippen LogP contribution >= 0.6 is 11.3 Å². The van der Waals surface area contributed by atoms with E-state index < -0.39 is 5.60 Å². The van der Waals surface area contributed by atoms with Gasteiger partial charge in [-0.05, 0) is 27.8 Å². The second-order valence-corrected chi connectivity index (χ2v) is 5.63. The molecule has 0 radical (unpaired) electrons. The van der Waals surface area contributed by atoms with Crippen LogP contribution in [-0.4, -0.2) is 30.6 Å². The van der Waals surface area contributed by atoms with Crippen LogP contribution < -0.4 is 10.6 Å². The summed E-state index contributed by atoms with van der Waals surface area (Å²) in [6.45, 7) is 5.78. The Labute approximate surface area is 112 Å². The Morgan fingerprint density at radius 1 is 1.61 bits per heavy atom. The lowest BCUT2D eigenvalue weighted by Crippen LogP contribution is -2.29. The summed E-state index contributed by atoms with van der Waals surface area (Å²) < 4.78 is 5.22. The molecule has 6 heteroatoms. The van der Waals surface area contributed by atoms with Gasteiger partial charge in [0, 0.05) is 18.5 Å². The molecule has 1 unspecified atom stereocenters. The Morgan fingerprint density at radius 3 is 2.83 bits per heavy atom. The summed E-state index contributed by atoms with van der Waals surface area (Å²) in [6, 6.07) is 0.183. The first kappa shape index (κ1) is 15.1. The monoisotopic (exact) mass is 271 g/mol. The number of ether oxygens (including phenoxy) is 1. The molecule has 0 spiro atoms. The topological polar surface area (TPSA) is 63.2 Å². The summed E-state index contributed by atoms with van der Waals surface area (Å²) in [5.74, 6) is -0.0835. The second kappa shape index (κ2) is 6.26. The van der Waals surface area contributed by atoms with Crippen molar-refractivity contribution in [2.45, 2.75) is 38.8 Å². The summed E-state index contributed by atoms with van der Waals surface area (Å²) in [5.41, 5.74) is 0.478. The molecule has 0 aliphatic carbocycles. The summed E-state index contributed by atoms with van der Waals surface area (Å²) in [6.07, 6.45) is 0.306. The highest BCUT2D eigenvalue weighted by Gasteiger charge is 2.21. The number of anilines is 1. The summed E-state index contributed by atoms with van der Waals surface area (Å²) >= 11 is 1.43. The van der Waals surface area contributed by atoms with Gasteiger partial charge in [0.1, 0.15) is 0 Å². The minimum Gasteiger partial charge on any atom is -0.378 e. The van der Waals surface area contributed by atoms with Crippen molar-refractivity contribution in [3.63, 3.8) is 0 Å². The van der Waals surface area contributed by atoms with Gasteiger partial charge in [-0.2, -0.15) is 0 Å². The van der Waals surface area contributed by atoms with E-state index in [4.69, 9.17) is 4.74 Å². The third-order valence-corrected chi connectivity index (χ3v) is 3.56. The maximum absolute atomic E-state index is 11.8. The van der Waals surface area contributed by atoms with Crippen molar-refractivity contribution < 1.29 is 9.53 Å². The first-order valence-corrected chi connectivity index (χ1v) is 6.73. The Kier molecular flexibility index (Phi) is 5.25. The molecule has 102 valence electrons. The van der Waals surface area contributed by atoms with E-state index in [1.54, 1.807) is 7.11 Å². The summed E-state index contributed by atoms with van der Waals surface area (Å²) in [7, 11) is 3.48. The quantitative estimate of drug-likeness (QED) is 0.832. The molecule has 0 aliphatic heterocycles. The number of carbonyl (C=O) groups excluding carboxylic acids is 1. The molecular formula is C12H21N3O2S. The molecule has 5 nitrogen and oxygen atoms in total. The van der Waals surface area contributed by atoms with Crippen LogP contribution in [0.25, 0.3) is 0 Å². The van der Waals surface area contributed by atoms with Crippen molar-refractivity contribution in [2.24, 2.45) is 0 Å². The van der Waals surface area contributed by atoms with E-state index >= 15 is 0 Å². The molecule has 1 aromatic heterocycles. The highest BCUT2D eigenvalue weighted by molar-refractivity contribution is 7.13. The fourth-order valence-corrected chi connectivity index (χ4v) is 2.13. The third kappa shape index (κ3) is 4.36. The van der Waals surface area contributed by atoms with Crippen molar-refractivity contribution in [3.8, 4) is 0 Å². The number of hydrogen-bond donors (Lipinski definition) is 2. The third-order valence-electron chi connectivity index (χ3n) is 2.78. The largest absolute Gasteiger partial charge is 0.378 e. The number of rotatable bonds is 6. The number of nitrogens with one attached hydrogen (secondary N) is 2. The maximum Gasteiger partial charge on any atom is 0.229 e. The van der Waals surface area contributed by atoms with Gasteiger partial charge in [0.2, 0.25) is 5.91 Å². The van der Waals surface area contributed by atoms with Gasteiger partial charge >= 0.3 is 0 Å². The number of aromatic nitrogens is 1. The molecule has 0 fully saturated rings. The average Bonchev–Trinajstić information content (AvgIpc) is 2.75. The smallest absolute Gasteiger partial charge is 0.229 e. The van der Waals surface area contributed by atoms with E-state index in [0.29, 0.717) is 11.6 Å². The number of nitrogens with zero attached hydrogens (tertiary/aromatic N) is 1. The van der Waals surface area contributed by atoms with Gasteiger partial charge in [-0.25, -0.2) is 4.98 Å². The minimum absolute atomic E-state index is 0.0835. The molecule has 0 bridgehead atoms. The lowest BCUT2D eigenvalue weighted by Gasteiger charge is -2.21. The molecule has 0 aromatic carbocycles. The molecule has 0 saturated carbocycles. The molecule has 1 amide bonds. The van der Waals surface area contributed by atoms with Crippen molar-refractivity contribution in [3.05, 3.63) is 11.1 Å². The van der Waals surface area contributed by atoms with Crippen LogP contribution in [0.4, 0.5) is 5.13 Å². The molecular weight excluding hydrogens is 250 g/mol. The van der Waals surface area contributed by atoms with Crippen LogP contribution in [-0.2, 0) is 9.53 Å². The molecule has 1 heterocycles. The Morgan fingerprint density at radius 2 is 2.28 bits per heavy atom. The maximum atomic E-state index is 11.8. The van der Waals surface area contributed by atoms with Crippen LogP contribution in [0.3, 0.4) is 0 Å². The van der Waals surface area contributed by atoms with Gasteiger partial charge in [-0.1, -0.05) is 0 Å². The highest BCUT2D eigenvalue weighted by Crippen LogP contribution is 2.21. The van der Waals surface area contributed by atoms with Crippen LogP contribution in [0, 0.1) is 0 Å². The summed E-state index contributed by atoms with van der Waals surface area (Å²) in [5, 5.41) is 8.47. The van der Waals surface area contributed by atoms with Crippen LogP contribution in [0.2, 0.25) is 0 Å². The van der Waals surface area contributed by atoms with Gasteiger partial charge < -0.3 is 15.4 Å². The SMILES string of the molecule is CNC(C)c1csc(NC(=O)CC(C)(C)OC)n1. The predicted octanol–water partition coefficient (Wildman–Crippen LogP) is 2.18. The first-order chi connectivity index (χ1) is 8.38. The first-order valence-electron chi connectivity index (χ1n) is 5.85. The zero-order chi connectivity index (χ0) is 13.8. The fourth-order valence-electron chi connectivity index (χ4n) is 1.31. The van der Waals surface area contributed by atoms with E-state index in [1.807, 2.05) is 33.2 Å². The normalized spacial score (nSPS) is 13.4.